The summed E-state index contributed by atoms with van der Waals surface area (Å²) in [6.07, 6.45) is 4.24. The third-order valence-electron chi connectivity index (χ3n) is 5.17. The highest BCUT2D eigenvalue weighted by molar-refractivity contribution is 5.48. The van der Waals surface area contributed by atoms with Crippen LogP contribution in [-0.2, 0) is 17.6 Å². The van der Waals surface area contributed by atoms with Crippen LogP contribution < -0.4 is 0 Å². The summed E-state index contributed by atoms with van der Waals surface area (Å²) in [6.45, 7) is 3.35. The van der Waals surface area contributed by atoms with Crippen LogP contribution in [0.5, 0.6) is 0 Å². The summed E-state index contributed by atoms with van der Waals surface area (Å²) < 4.78 is 0. The van der Waals surface area contributed by atoms with Gasteiger partial charge >= 0.3 is 6.41 Å². The van der Waals surface area contributed by atoms with Gasteiger partial charge in [-0.05, 0) is 35.1 Å². The fourth-order valence-electron chi connectivity index (χ4n) is 3.96. The Balaban J connectivity index is 1.76. The number of aryl methyl sites for hydroxylation is 2. The number of fused-ring (bicyclic) bond motifs is 2. The van der Waals surface area contributed by atoms with Gasteiger partial charge in [-0.15, -0.1) is 0 Å². The predicted molar refractivity (Wildman–Crippen MR) is 91.0 cm³/mol. The Hall–Kier alpha value is -2.13. The van der Waals surface area contributed by atoms with Crippen molar-refractivity contribution in [1.29, 1.82) is 0 Å². The van der Waals surface area contributed by atoms with Crippen molar-refractivity contribution in [3.05, 3.63) is 70.8 Å². The van der Waals surface area contributed by atoms with Gasteiger partial charge in [0, 0.05) is 26.2 Å². The van der Waals surface area contributed by atoms with E-state index in [9.17, 15) is 4.79 Å². The molecule has 1 amide bonds. The summed E-state index contributed by atoms with van der Waals surface area (Å²) in [6, 6.07) is 18.0. The summed E-state index contributed by atoms with van der Waals surface area (Å²) in [7, 11) is 0. The molecule has 2 aliphatic rings. The summed E-state index contributed by atoms with van der Waals surface area (Å²) in [5, 5.41) is 0. The number of carbonyl (C=O) groups excluding carboxylic acids is 1. The number of amides is 1. The maximum atomic E-state index is 10.9. The van der Waals surface area contributed by atoms with Gasteiger partial charge in [0.15, 0.2) is 0 Å². The maximum Gasteiger partial charge on any atom is 0.312 e. The largest absolute Gasteiger partial charge is 0.332 e. The van der Waals surface area contributed by atoms with Crippen LogP contribution in [0.15, 0.2) is 48.5 Å². The SMILES string of the molecule is O=[C]N1CCN(C2c3ccccc3CCc3ccccc32)CC1. The standard InChI is InChI=1S/C20H21N2O/c23-15-21-11-13-22(14-12-21)20-18-7-3-1-5-16(18)9-10-17-6-2-4-8-19(17)20/h1-8,20H,9-14H2. The van der Waals surface area contributed by atoms with Crippen LogP contribution in [0.25, 0.3) is 0 Å². The van der Waals surface area contributed by atoms with Crippen molar-refractivity contribution in [1.82, 2.24) is 9.80 Å². The van der Waals surface area contributed by atoms with Crippen molar-refractivity contribution in [2.45, 2.75) is 18.9 Å². The van der Waals surface area contributed by atoms with Crippen LogP contribution in [0.2, 0.25) is 0 Å². The minimum absolute atomic E-state index is 0.304. The fraction of sp³-hybridized carbons (Fsp3) is 0.350. The molecule has 1 radical (unpaired) electrons. The Bertz CT molecular complexity index is 657. The first-order valence-electron chi connectivity index (χ1n) is 8.39. The molecule has 0 bridgehead atoms. The Morgan fingerprint density at radius 1 is 0.783 bits per heavy atom. The molecule has 0 atom stereocenters. The van der Waals surface area contributed by atoms with Crippen LogP contribution in [0.3, 0.4) is 0 Å². The molecule has 117 valence electrons. The molecule has 0 N–H and O–H groups in total. The second kappa shape index (κ2) is 6.17. The highest BCUT2D eigenvalue weighted by Crippen LogP contribution is 2.36. The molecule has 1 heterocycles. The van der Waals surface area contributed by atoms with Gasteiger partial charge in [-0.2, -0.15) is 0 Å². The van der Waals surface area contributed by atoms with E-state index in [1.165, 1.54) is 22.3 Å². The first-order chi connectivity index (χ1) is 11.4. The van der Waals surface area contributed by atoms with Gasteiger partial charge in [0.25, 0.3) is 0 Å². The molecule has 0 unspecified atom stereocenters. The second-order valence-corrected chi connectivity index (χ2v) is 6.41. The lowest BCUT2D eigenvalue weighted by Crippen LogP contribution is -2.47. The van der Waals surface area contributed by atoms with Crippen molar-refractivity contribution in [2.24, 2.45) is 0 Å². The molecular weight excluding hydrogens is 284 g/mol. The fourth-order valence-corrected chi connectivity index (χ4v) is 3.96. The zero-order chi connectivity index (χ0) is 15.6. The van der Waals surface area contributed by atoms with Crippen molar-refractivity contribution in [3.63, 3.8) is 0 Å². The van der Waals surface area contributed by atoms with E-state index >= 15 is 0 Å². The first-order valence-corrected chi connectivity index (χ1v) is 8.39. The van der Waals surface area contributed by atoms with E-state index in [-0.39, 0.29) is 0 Å². The molecule has 0 aromatic heterocycles. The van der Waals surface area contributed by atoms with E-state index in [0.29, 0.717) is 6.04 Å². The molecule has 3 nitrogen and oxygen atoms in total. The van der Waals surface area contributed by atoms with Crippen molar-refractivity contribution >= 4 is 6.41 Å². The van der Waals surface area contributed by atoms with E-state index in [1.54, 1.807) is 4.90 Å². The summed E-state index contributed by atoms with van der Waals surface area (Å²) >= 11 is 0. The van der Waals surface area contributed by atoms with Gasteiger partial charge in [-0.25, -0.2) is 0 Å². The predicted octanol–water partition coefficient (Wildman–Crippen LogP) is 2.56. The average Bonchev–Trinajstić information content (AvgIpc) is 2.79. The smallest absolute Gasteiger partial charge is 0.312 e. The number of benzene rings is 2. The number of hydrogen-bond acceptors (Lipinski definition) is 2. The first kappa shape index (κ1) is 14.5. The monoisotopic (exact) mass is 305 g/mol. The third kappa shape index (κ3) is 2.66. The molecule has 2 aromatic rings. The number of rotatable bonds is 2. The Labute approximate surface area is 137 Å². The van der Waals surface area contributed by atoms with E-state index in [1.807, 2.05) is 6.41 Å². The van der Waals surface area contributed by atoms with Gasteiger partial charge in [0.05, 0.1) is 6.04 Å². The summed E-state index contributed by atoms with van der Waals surface area (Å²) in [5.74, 6) is 0. The molecule has 0 spiro atoms. The second-order valence-electron chi connectivity index (χ2n) is 6.41. The number of piperazine rings is 1. The zero-order valence-corrected chi connectivity index (χ0v) is 13.2. The molecule has 0 saturated carbocycles. The third-order valence-corrected chi connectivity index (χ3v) is 5.17. The van der Waals surface area contributed by atoms with Crippen molar-refractivity contribution < 1.29 is 4.79 Å². The summed E-state index contributed by atoms with van der Waals surface area (Å²) in [4.78, 5) is 15.2. The van der Waals surface area contributed by atoms with Gasteiger partial charge < -0.3 is 4.90 Å². The highest BCUT2D eigenvalue weighted by Gasteiger charge is 2.30. The van der Waals surface area contributed by atoms with Gasteiger partial charge in [-0.3, -0.25) is 9.69 Å². The molecule has 1 fully saturated rings. The topological polar surface area (TPSA) is 23.6 Å². The molecular formula is C20H21N2O. The lowest BCUT2D eigenvalue weighted by atomic mass is 9.93. The van der Waals surface area contributed by atoms with Gasteiger partial charge in [0.1, 0.15) is 0 Å². The van der Waals surface area contributed by atoms with E-state index < -0.39 is 0 Å². The molecule has 23 heavy (non-hydrogen) atoms. The maximum absolute atomic E-state index is 10.9. The molecule has 1 aliphatic carbocycles. The minimum Gasteiger partial charge on any atom is -0.332 e. The molecule has 4 rings (SSSR count). The van der Waals surface area contributed by atoms with Gasteiger partial charge in [0.2, 0.25) is 0 Å². The molecule has 2 aromatic carbocycles. The number of hydrogen-bond donors (Lipinski definition) is 0. The van der Waals surface area contributed by atoms with Crippen LogP contribution >= 0.6 is 0 Å². The lowest BCUT2D eigenvalue weighted by molar-refractivity contribution is 0.147. The Morgan fingerprint density at radius 2 is 1.30 bits per heavy atom. The van der Waals surface area contributed by atoms with Crippen LogP contribution in [0, 0.1) is 0 Å². The van der Waals surface area contributed by atoms with Crippen LogP contribution in [0.1, 0.15) is 28.3 Å². The quantitative estimate of drug-likeness (QED) is 0.851. The molecule has 1 saturated heterocycles. The molecule has 1 aliphatic heterocycles. The Kier molecular flexibility index (Phi) is 3.88. The highest BCUT2D eigenvalue weighted by atomic mass is 16.1. The zero-order valence-electron chi connectivity index (χ0n) is 13.2. The van der Waals surface area contributed by atoms with Gasteiger partial charge in [-0.1, -0.05) is 48.5 Å². The van der Waals surface area contributed by atoms with Crippen molar-refractivity contribution in [3.8, 4) is 0 Å². The lowest BCUT2D eigenvalue weighted by Gasteiger charge is -2.38. The van der Waals surface area contributed by atoms with Crippen LogP contribution in [-0.4, -0.2) is 42.4 Å². The normalized spacial score (nSPS) is 18.9. The van der Waals surface area contributed by atoms with E-state index in [4.69, 9.17) is 0 Å². The number of nitrogens with zero attached hydrogens (tertiary/aromatic N) is 2. The van der Waals surface area contributed by atoms with E-state index in [0.717, 1.165) is 39.0 Å². The van der Waals surface area contributed by atoms with Crippen molar-refractivity contribution in [2.75, 3.05) is 26.2 Å². The van der Waals surface area contributed by atoms with Crippen LogP contribution in [0.4, 0.5) is 0 Å². The summed E-state index contributed by atoms with van der Waals surface area (Å²) in [5.41, 5.74) is 5.78. The average molecular weight is 305 g/mol. The van der Waals surface area contributed by atoms with E-state index in [2.05, 4.69) is 53.4 Å². The minimum atomic E-state index is 0.304. The molecule has 3 heteroatoms. The Morgan fingerprint density at radius 3 is 1.83 bits per heavy atom.